The number of hydrogen-bond donors (Lipinski definition) is 1. The van der Waals surface area contributed by atoms with Gasteiger partial charge in [-0.25, -0.2) is 0 Å². The summed E-state index contributed by atoms with van der Waals surface area (Å²) in [5, 5.41) is 0.821. The SMILES string of the molecule is Cc1[nH]c2ccccc2c1C(C(=O)OC(C)(C)C)C(=O)OC(C)(C)C. The third-order valence-electron chi connectivity index (χ3n) is 3.52. The average Bonchev–Trinajstić information content (AvgIpc) is 2.72. The van der Waals surface area contributed by atoms with Crippen molar-refractivity contribution < 1.29 is 19.1 Å². The van der Waals surface area contributed by atoms with Crippen molar-refractivity contribution in [2.75, 3.05) is 0 Å². The van der Waals surface area contributed by atoms with Gasteiger partial charge in [-0.3, -0.25) is 9.59 Å². The molecule has 136 valence electrons. The van der Waals surface area contributed by atoms with E-state index in [1.54, 1.807) is 41.5 Å². The van der Waals surface area contributed by atoms with E-state index in [9.17, 15) is 9.59 Å². The van der Waals surface area contributed by atoms with Crippen molar-refractivity contribution >= 4 is 22.8 Å². The van der Waals surface area contributed by atoms with Crippen LogP contribution in [0.4, 0.5) is 0 Å². The fourth-order valence-corrected chi connectivity index (χ4v) is 2.72. The van der Waals surface area contributed by atoms with Crippen LogP contribution in [0.2, 0.25) is 0 Å². The second kappa shape index (κ2) is 6.54. The number of nitrogens with one attached hydrogen (secondary N) is 1. The van der Waals surface area contributed by atoms with Crippen LogP contribution in [0.3, 0.4) is 0 Å². The molecule has 5 heteroatoms. The molecule has 0 atom stereocenters. The van der Waals surface area contributed by atoms with Crippen LogP contribution >= 0.6 is 0 Å². The Kier molecular flexibility index (Phi) is 4.98. The minimum Gasteiger partial charge on any atom is -0.459 e. The summed E-state index contributed by atoms with van der Waals surface area (Å²) < 4.78 is 11.0. The van der Waals surface area contributed by atoms with Gasteiger partial charge in [0, 0.05) is 22.2 Å². The summed E-state index contributed by atoms with van der Waals surface area (Å²) in [6.45, 7) is 12.5. The van der Waals surface area contributed by atoms with Gasteiger partial charge in [0.2, 0.25) is 0 Å². The molecule has 25 heavy (non-hydrogen) atoms. The molecule has 5 nitrogen and oxygen atoms in total. The molecule has 1 heterocycles. The molecule has 2 rings (SSSR count). The first-order chi connectivity index (χ1) is 11.4. The molecule has 0 saturated heterocycles. The summed E-state index contributed by atoms with van der Waals surface area (Å²) in [4.78, 5) is 28.9. The molecule has 0 fully saturated rings. The molecule has 0 saturated carbocycles. The highest BCUT2D eigenvalue weighted by molar-refractivity contribution is 6.05. The number of aryl methyl sites for hydroxylation is 1. The monoisotopic (exact) mass is 345 g/mol. The average molecular weight is 345 g/mol. The van der Waals surface area contributed by atoms with Gasteiger partial charge in [-0.05, 0) is 54.5 Å². The summed E-state index contributed by atoms with van der Waals surface area (Å²) in [7, 11) is 0. The van der Waals surface area contributed by atoms with E-state index in [0.717, 1.165) is 16.6 Å². The van der Waals surface area contributed by atoms with Crippen LogP contribution in [0, 0.1) is 6.92 Å². The van der Waals surface area contributed by atoms with Crippen LogP contribution in [-0.4, -0.2) is 28.1 Å². The lowest BCUT2D eigenvalue weighted by molar-refractivity contribution is -0.169. The van der Waals surface area contributed by atoms with Crippen molar-refractivity contribution in [3.05, 3.63) is 35.5 Å². The van der Waals surface area contributed by atoms with Gasteiger partial charge >= 0.3 is 11.9 Å². The minimum atomic E-state index is -1.13. The van der Waals surface area contributed by atoms with E-state index in [-0.39, 0.29) is 0 Å². The van der Waals surface area contributed by atoms with E-state index in [1.165, 1.54) is 0 Å². The smallest absolute Gasteiger partial charge is 0.325 e. The largest absolute Gasteiger partial charge is 0.459 e. The maximum Gasteiger partial charge on any atom is 0.325 e. The number of aromatic nitrogens is 1. The van der Waals surface area contributed by atoms with Crippen molar-refractivity contribution in [1.82, 2.24) is 4.98 Å². The molecule has 1 N–H and O–H groups in total. The van der Waals surface area contributed by atoms with Gasteiger partial charge < -0.3 is 14.5 Å². The number of rotatable bonds is 3. The lowest BCUT2D eigenvalue weighted by Gasteiger charge is -2.26. The van der Waals surface area contributed by atoms with Gasteiger partial charge in [-0.1, -0.05) is 18.2 Å². The molecule has 1 aromatic carbocycles. The number of hydrogen-bond acceptors (Lipinski definition) is 4. The molecule has 0 aliphatic carbocycles. The Hall–Kier alpha value is -2.30. The zero-order valence-electron chi connectivity index (χ0n) is 16.0. The van der Waals surface area contributed by atoms with Crippen molar-refractivity contribution in [1.29, 1.82) is 0 Å². The number of aromatic amines is 1. The van der Waals surface area contributed by atoms with Crippen LogP contribution in [0.5, 0.6) is 0 Å². The van der Waals surface area contributed by atoms with Gasteiger partial charge in [0.1, 0.15) is 11.2 Å². The molecule has 2 aromatic rings. The third-order valence-corrected chi connectivity index (χ3v) is 3.52. The highest BCUT2D eigenvalue weighted by Gasteiger charge is 2.38. The molecule has 0 spiro atoms. The molecule has 1 aromatic heterocycles. The van der Waals surface area contributed by atoms with Crippen molar-refractivity contribution in [3.8, 4) is 0 Å². The van der Waals surface area contributed by atoms with E-state index in [2.05, 4.69) is 4.98 Å². The maximum atomic E-state index is 12.8. The molecule has 0 aliphatic rings. The van der Waals surface area contributed by atoms with Crippen LogP contribution in [-0.2, 0) is 19.1 Å². The van der Waals surface area contributed by atoms with Gasteiger partial charge in [0.25, 0.3) is 0 Å². The normalized spacial score (nSPS) is 12.5. The third kappa shape index (κ3) is 4.62. The number of ether oxygens (including phenoxy) is 2. The molecule has 0 unspecified atom stereocenters. The zero-order valence-corrected chi connectivity index (χ0v) is 16.0. The van der Waals surface area contributed by atoms with E-state index in [1.807, 2.05) is 31.2 Å². The summed E-state index contributed by atoms with van der Waals surface area (Å²) in [6.07, 6.45) is 0. The van der Waals surface area contributed by atoms with E-state index < -0.39 is 29.1 Å². The van der Waals surface area contributed by atoms with Crippen molar-refractivity contribution in [2.24, 2.45) is 0 Å². The number of fused-ring (bicyclic) bond motifs is 1. The first-order valence-corrected chi connectivity index (χ1v) is 8.42. The summed E-state index contributed by atoms with van der Waals surface area (Å²) in [5.74, 6) is -2.33. The van der Waals surface area contributed by atoms with Crippen LogP contribution in [0.15, 0.2) is 24.3 Å². The predicted octanol–water partition coefficient (Wildman–Crippen LogP) is 4.24. The van der Waals surface area contributed by atoms with Gasteiger partial charge in [0.15, 0.2) is 5.92 Å². The van der Waals surface area contributed by atoms with Gasteiger partial charge in [-0.2, -0.15) is 0 Å². The van der Waals surface area contributed by atoms with Crippen LogP contribution < -0.4 is 0 Å². The van der Waals surface area contributed by atoms with E-state index in [0.29, 0.717) is 5.56 Å². The Morgan fingerprint density at radius 3 is 1.88 bits per heavy atom. The lowest BCUT2D eigenvalue weighted by Crippen LogP contribution is -2.35. The van der Waals surface area contributed by atoms with E-state index >= 15 is 0 Å². The molecule has 0 amide bonds. The number of H-pyrrole nitrogens is 1. The molecular weight excluding hydrogens is 318 g/mol. The minimum absolute atomic E-state index is 0.602. The highest BCUT2D eigenvalue weighted by atomic mass is 16.6. The molecule has 0 radical (unpaired) electrons. The first-order valence-electron chi connectivity index (χ1n) is 8.42. The number of carbonyl (C=O) groups excluding carboxylic acids is 2. The van der Waals surface area contributed by atoms with E-state index in [4.69, 9.17) is 9.47 Å². The summed E-state index contributed by atoms with van der Waals surface area (Å²) in [6, 6.07) is 7.57. The predicted molar refractivity (Wildman–Crippen MR) is 97.5 cm³/mol. The van der Waals surface area contributed by atoms with Crippen LogP contribution in [0.25, 0.3) is 10.9 Å². The second-order valence-electron chi connectivity index (χ2n) is 8.21. The Balaban J connectivity index is 2.55. The standard InChI is InChI=1S/C20H27NO4/c1-12-15(13-10-8-9-11-14(13)21-12)16(17(22)24-19(2,3)4)18(23)25-20(5,6)7/h8-11,16,21H,1-7H3. The number of esters is 2. The zero-order chi connectivity index (χ0) is 19.0. The summed E-state index contributed by atoms with van der Waals surface area (Å²) in [5.41, 5.74) is 0.837. The van der Waals surface area contributed by atoms with Crippen LogP contribution in [0.1, 0.15) is 58.7 Å². The van der Waals surface area contributed by atoms with Gasteiger partial charge in [0.05, 0.1) is 0 Å². The highest BCUT2D eigenvalue weighted by Crippen LogP contribution is 2.33. The van der Waals surface area contributed by atoms with Crippen molar-refractivity contribution in [2.45, 2.75) is 65.6 Å². The number of benzene rings is 1. The Labute approximate surface area is 148 Å². The Bertz CT molecular complexity index is 762. The first kappa shape index (κ1) is 19.0. The van der Waals surface area contributed by atoms with Crippen molar-refractivity contribution in [3.63, 3.8) is 0 Å². The fourth-order valence-electron chi connectivity index (χ4n) is 2.72. The second-order valence-corrected chi connectivity index (χ2v) is 8.21. The number of para-hydroxylation sites is 1. The molecule has 0 aliphatic heterocycles. The lowest BCUT2D eigenvalue weighted by atomic mass is 9.95. The molecular formula is C20H27NO4. The molecule has 0 bridgehead atoms. The quantitative estimate of drug-likeness (QED) is 0.667. The Morgan fingerprint density at radius 1 is 0.920 bits per heavy atom. The topological polar surface area (TPSA) is 68.4 Å². The fraction of sp³-hybridized carbons (Fsp3) is 0.500. The Morgan fingerprint density at radius 2 is 1.40 bits per heavy atom. The van der Waals surface area contributed by atoms with Gasteiger partial charge in [-0.15, -0.1) is 0 Å². The number of carbonyl (C=O) groups is 2. The summed E-state index contributed by atoms with van der Waals surface area (Å²) >= 11 is 0. The maximum absolute atomic E-state index is 12.8.